The number of nitrogens with zero attached hydrogens (tertiary/aromatic N) is 3. The van der Waals surface area contributed by atoms with E-state index in [0.717, 1.165) is 17.8 Å². The van der Waals surface area contributed by atoms with Crippen LogP contribution in [-0.2, 0) is 29.0 Å². The molecule has 0 radical (unpaired) electrons. The molecule has 0 aliphatic heterocycles. The molecule has 23 heavy (non-hydrogen) atoms. The first kappa shape index (κ1) is 16.0. The van der Waals surface area contributed by atoms with Gasteiger partial charge in [0.15, 0.2) is 0 Å². The van der Waals surface area contributed by atoms with Crippen molar-refractivity contribution in [3.63, 3.8) is 0 Å². The molecule has 0 spiro atoms. The molecule has 2 aromatic heterocycles. The van der Waals surface area contributed by atoms with E-state index in [4.69, 9.17) is 0 Å². The molecular formula is C14H17N5O2S2. The topological polar surface area (TPSA) is 96.9 Å². The summed E-state index contributed by atoms with van der Waals surface area (Å²) in [4.78, 5) is 29.4. The Morgan fingerprint density at radius 1 is 1.17 bits per heavy atom. The third kappa shape index (κ3) is 4.55. The molecule has 2 heterocycles. The largest absolute Gasteiger partial charge is 0.350 e. The van der Waals surface area contributed by atoms with E-state index in [-0.39, 0.29) is 24.7 Å². The first-order valence-electron chi connectivity index (χ1n) is 7.51. The Morgan fingerprint density at radius 3 is 2.78 bits per heavy atom. The van der Waals surface area contributed by atoms with E-state index in [1.54, 1.807) is 11.3 Å². The fourth-order valence-corrected chi connectivity index (χ4v) is 3.94. The van der Waals surface area contributed by atoms with E-state index in [9.17, 15) is 9.59 Å². The van der Waals surface area contributed by atoms with Crippen LogP contribution in [0.2, 0.25) is 0 Å². The van der Waals surface area contributed by atoms with Crippen molar-refractivity contribution in [1.29, 1.82) is 0 Å². The van der Waals surface area contributed by atoms with Crippen molar-refractivity contribution in [2.75, 3.05) is 5.32 Å². The highest BCUT2D eigenvalue weighted by Crippen LogP contribution is 2.26. The Balaban J connectivity index is 1.39. The summed E-state index contributed by atoms with van der Waals surface area (Å²) in [5.74, 6) is -0.382. The van der Waals surface area contributed by atoms with Crippen LogP contribution in [-0.4, -0.2) is 27.0 Å². The Hall–Kier alpha value is -1.87. The lowest BCUT2D eigenvalue weighted by Gasteiger charge is -2.06. The number of aryl methyl sites for hydroxylation is 2. The predicted octanol–water partition coefficient (Wildman–Crippen LogP) is 1.91. The molecule has 3 rings (SSSR count). The van der Waals surface area contributed by atoms with Crippen LogP contribution in [0.3, 0.4) is 0 Å². The third-order valence-corrected chi connectivity index (χ3v) is 5.28. The number of carbonyl (C=O) groups is 2. The van der Waals surface area contributed by atoms with Gasteiger partial charge in [-0.2, -0.15) is 0 Å². The predicted molar refractivity (Wildman–Crippen MR) is 88.4 cm³/mol. The number of thiazole rings is 1. The van der Waals surface area contributed by atoms with Gasteiger partial charge >= 0.3 is 0 Å². The maximum atomic E-state index is 11.8. The Labute approximate surface area is 141 Å². The molecule has 7 nitrogen and oxygen atoms in total. The third-order valence-electron chi connectivity index (χ3n) is 3.51. The number of aromatic nitrogens is 3. The van der Waals surface area contributed by atoms with Gasteiger partial charge in [0, 0.05) is 17.7 Å². The number of amides is 2. The fourth-order valence-electron chi connectivity index (χ4n) is 2.38. The van der Waals surface area contributed by atoms with E-state index < -0.39 is 0 Å². The average molecular weight is 351 g/mol. The zero-order valence-corrected chi connectivity index (χ0v) is 14.1. The smallest absolute Gasteiger partial charge is 0.226 e. The van der Waals surface area contributed by atoms with Crippen molar-refractivity contribution < 1.29 is 9.59 Å². The molecule has 1 aliphatic rings. The summed E-state index contributed by atoms with van der Waals surface area (Å²) >= 11 is 2.93. The van der Waals surface area contributed by atoms with E-state index in [0.29, 0.717) is 11.7 Å². The molecule has 0 saturated heterocycles. The van der Waals surface area contributed by atoms with Crippen LogP contribution in [0.25, 0.3) is 0 Å². The van der Waals surface area contributed by atoms with E-state index in [2.05, 4.69) is 25.8 Å². The van der Waals surface area contributed by atoms with E-state index in [1.807, 2.05) is 0 Å². The summed E-state index contributed by atoms with van der Waals surface area (Å²) in [7, 11) is 0. The van der Waals surface area contributed by atoms with E-state index >= 15 is 0 Å². The molecule has 122 valence electrons. The zero-order chi connectivity index (χ0) is 16.1. The van der Waals surface area contributed by atoms with Crippen molar-refractivity contribution in [2.24, 2.45) is 0 Å². The maximum Gasteiger partial charge on any atom is 0.226 e. The number of anilines is 1. The number of nitrogens with one attached hydrogen (secondary N) is 2. The summed E-state index contributed by atoms with van der Waals surface area (Å²) in [6, 6.07) is 0. The number of hydrogen-bond donors (Lipinski definition) is 2. The molecular weight excluding hydrogens is 334 g/mol. The Morgan fingerprint density at radius 2 is 2.00 bits per heavy atom. The van der Waals surface area contributed by atoms with Gasteiger partial charge < -0.3 is 10.6 Å². The minimum Gasteiger partial charge on any atom is -0.350 e. The second-order valence-corrected chi connectivity index (χ2v) is 7.25. The van der Waals surface area contributed by atoms with Gasteiger partial charge in [-0.25, -0.2) is 4.98 Å². The summed E-state index contributed by atoms with van der Waals surface area (Å²) in [6.07, 6.45) is 4.85. The average Bonchev–Trinajstić information content (AvgIpc) is 3.19. The summed E-state index contributed by atoms with van der Waals surface area (Å²) < 4.78 is 0. The Bertz CT molecular complexity index is 660. The number of carbonyl (C=O) groups excluding carboxylic acids is 2. The molecule has 0 saturated carbocycles. The van der Waals surface area contributed by atoms with Crippen LogP contribution in [0, 0.1) is 0 Å². The summed E-state index contributed by atoms with van der Waals surface area (Å²) in [6.45, 7) is 0.439. The first-order valence-corrected chi connectivity index (χ1v) is 9.20. The minimum absolute atomic E-state index is 0.125. The molecule has 0 atom stereocenters. The molecule has 0 unspecified atom stereocenters. The molecule has 0 aromatic carbocycles. The molecule has 0 fully saturated rings. The van der Waals surface area contributed by atoms with Gasteiger partial charge in [-0.15, -0.1) is 21.5 Å². The standard InChI is InChI=1S/C14H17N5O2S2/c20-11(5-6-12(21)18-14-19-16-8-22-14)15-7-13-17-9-3-1-2-4-10(9)23-13/h8H,1-7H2,(H,15,20)(H,18,19,21). The first-order chi connectivity index (χ1) is 11.2. The lowest BCUT2D eigenvalue weighted by molar-refractivity contribution is -0.124. The van der Waals surface area contributed by atoms with Gasteiger partial charge in [0.2, 0.25) is 16.9 Å². The fraction of sp³-hybridized carbons (Fsp3) is 0.500. The summed E-state index contributed by atoms with van der Waals surface area (Å²) in [5, 5.41) is 14.2. The van der Waals surface area contributed by atoms with Gasteiger partial charge in [0.1, 0.15) is 10.5 Å². The van der Waals surface area contributed by atoms with Gasteiger partial charge in [0.05, 0.1) is 12.2 Å². The second kappa shape index (κ2) is 7.60. The minimum atomic E-state index is -0.235. The van der Waals surface area contributed by atoms with Gasteiger partial charge in [-0.3, -0.25) is 9.59 Å². The van der Waals surface area contributed by atoms with Crippen LogP contribution >= 0.6 is 22.7 Å². The van der Waals surface area contributed by atoms with Crippen molar-refractivity contribution in [3.05, 3.63) is 21.1 Å². The quantitative estimate of drug-likeness (QED) is 0.828. The Kier molecular flexibility index (Phi) is 5.29. The number of hydrogen-bond acceptors (Lipinski definition) is 7. The highest BCUT2D eigenvalue weighted by atomic mass is 32.1. The van der Waals surface area contributed by atoms with Crippen molar-refractivity contribution in [3.8, 4) is 0 Å². The molecule has 2 aromatic rings. The highest BCUT2D eigenvalue weighted by molar-refractivity contribution is 7.13. The van der Waals surface area contributed by atoms with Crippen LogP contribution < -0.4 is 10.6 Å². The van der Waals surface area contributed by atoms with Gasteiger partial charge in [-0.05, 0) is 25.7 Å². The number of rotatable bonds is 6. The van der Waals surface area contributed by atoms with Gasteiger partial charge in [0.25, 0.3) is 0 Å². The lowest BCUT2D eigenvalue weighted by Crippen LogP contribution is -2.24. The molecule has 2 amide bonds. The van der Waals surface area contributed by atoms with Crippen LogP contribution in [0.15, 0.2) is 5.51 Å². The number of fused-ring (bicyclic) bond motifs is 1. The second-order valence-electron chi connectivity index (χ2n) is 5.25. The highest BCUT2D eigenvalue weighted by Gasteiger charge is 2.15. The van der Waals surface area contributed by atoms with Crippen LogP contribution in [0.5, 0.6) is 0 Å². The molecule has 1 aliphatic carbocycles. The van der Waals surface area contributed by atoms with Crippen LogP contribution in [0.4, 0.5) is 5.13 Å². The molecule has 9 heteroatoms. The zero-order valence-electron chi connectivity index (χ0n) is 12.5. The van der Waals surface area contributed by atoms with Crippen LogP contribution in [0.1, 0.15) is 41.3 Å². The molecule has 2 N–H and O–H groups in total. The maximum absolute atomic E-state index is 11.8. The lowest BCUT2D eigenvalue weighted by atomic mass is 10.0. The van der Waals surface area contributed by atoms with E-state index in [1.165, 1.54) is 40.3 Å². The summed E-state index contributed by atoms with van der Waals surface area (Å²) in [5.41, 5.74) is 2.73. The monoisotopic (exact) mass is 351 g/mol. The van der Waals surface area contributed by atoms with Crippen molar-refractivity contribution in [1.82, 2.24) is 20.5 Å². The normalized spacial score (nSPS) is 13.4. The van der Waals surface area contributed by atoms with Gasteiger partial charge in [-0.1, -0.05) is 11.3 Å². The SMILES string of the molecule is O=C(CCC(=O)Nc1nncs1)NCc1nc2c(s1)CCCC2. The molecule has 0 bridgehead atoms. The van der Waals surface area contributed by atoms with Crippen molar-refractivity contribution >= 4 is 39.6 Å². The van der Waals surface area contributed by atoms with Crippen molar-refractivity contribution in [2.45, 2.75) is 45.1 Å².